The molecule has 1 amide bonds. The molecule has 20 heavy (non-hydrogen) atoms. The first kappa shape index (κ1) is 13.8. The van der Waals surface area contributed by atoms with Gasteiger partial charge in [0.1, 0.15) is 5.69 Å². The second-order valence-electron chi connectivity index (χ2n) is 3.85. The average molecular weight is 293 g/mol. The van der Waals surface area contributed by atoms with Crippen LogP contribution in [0.25, 0.3) is 0 Å². The number of carbonyl (C=O) groups is 1. The lowest BCUT2D eigenvalue weighted by molar-refractivity contribution is -0.384. The van der Waals surface area contributed by atoms with Crippen molar-refractivity contribution in [2.45, 2.75) is 0 Å². The molecule has 0 aliphatic heterocycles. The molecule has 0 unspecified atom stereocenters. The largest absolute Gasteiger partial charge is 0.397 e. The summed E-state index contributed by atoms with van der Waals surface area (Å²) in [5.41, 5.74) is 5.99. The molecule has 8 heteroatoms. The fourth-order valence-corrected chi connectivity index (χ4v) is 1.61. The summed E-state index contributed by atoms with van der Waals surface area (Å²) in [4.78, 5) is 25.9. The molecular formula is C12H9ClN4O3. The molecule has 0 saturated carbocycles. The molecule has 3 N–H and O–H groups in total. The van der Waals surface area contributed by atoms with Gasteiger partial charge in [-0.15, -0.1) is 0 Å². The summed E-state index contributed by atoms with van der Waals surface area (Å²) in [5.74, 6) is -0.535. The topological polar surface area (TPSA) is 111 Å². The van der Waals surface area contributed by atoms with Gasteiger partial charge >= 0.3 is 0 Å². The summed E-state index contributed by atoms with van der Waals surface area (Å²) < 4.78 is 0. The summed E-state index contributed by atoms with van der Waals surface area (Å²) >= 11 is 5.88. The molecular weight excluding hydrogens is 284 g/mol. The third-order valence-corrected chi connectivity index (χ3v) is 2.76. The minimum absolute atomic E-state index is 0.127. The van der Waals surface area contributed by atoms with E-state index < -0.39 is 10.8 Å². The number of nitro benzene ring substituents is 1. The molecule has 0 aliphatic carbocycles. The van der Waals surface area contributed by atoms with Gasteiger partial charge in [-0.2, -0.15) is 0 Å². The van der Waals surface area contributed by atoms with Crippen LogP contribution in [-0.2, 0) is 0 Å². The van der Waals surface area contributed by atoms with Crippen LogP contribution in [-0.4, -0.2) is 15.8 Å². The van der Waals surface area contributed by atoms with Crippen molar-refractivity contribution in [3.8, 4) is 0 Å². The van der Waals surface area contributed by atoms with Gasteiger partial charge in [0.25, 0.3) is 11.6 Å². The maximum atomic E-state index is 11.9. The van der Waals surface area contributed by atoms with E-state index in [4.69, 9.17) is 17.3 Å². The SMILES string of the molecule is Nc1ccc(C(=O)Nc2cc([N+](=O)[O-])ccc2Cl)nc1. The number of benzene rings is 1. The number of hydrogen-bond donors (Lipinski definition) is 2. The number of nitrogens with two attached hydrogens (primary N) is 1. The Bertz CT molecular complexity index is 673. The highest BCUT2D eigenvalue weighted by Gasteiger charge is 2.13. The molecule has 7 nitrogen and oxygen atoms in total. The number of carbonyl (C=O) groups excluding carboxylic acids is 1. The standard InChI is InChI=1S/C12H9ClN4O3/c13-9-3-2-8(17(19)20)5-11(9)16-12(18)10-4-1-7(14)6-15-10/h1-6H,14H2,(H,16,18). The first-order chi connectivity index (χ1) is 9.47. The minimum Gasteiger partial charge on any atom is -0.397 e. The number of nitro groups is 1. The number of anilines is 2. The van der Waals surface area contributed by atoms with E-state index in [-0.39, 0.29) is 22.1 Å². The van der Waals surface area contributed by atoms with Gasteiger partial charge in [-0.05, 0) is 18.2 Å². The van der Waals surface area contributed by atoms with Crippen LogP contribution in [0, 0.1) is 10.1 Å². The first-order valence-electron chi connectivity index (χ1n) is 5.44. The van der Waals surface area contributed by atoms with Crippen molar-refractivity contribution in [1.29, 1.82) is 0 Å². The Morgan fingerprint density at radius 1 is 1.35 bits per heavy atom. The van der Waals surface area contributed by atoms with E-state index in [1.54, 1.807) is 0 Å². The van der Waals surface area contributed by atoms with Crippen LogP contribution >= 0.6 is 11.6 Å². The van der Waals surface area contributed by atoms with Crippen molar-refractivity contribution >= 4 is 34.6 Å². The van der Waals surface area contributed by atoms with E-state index in [1.165, 1.54) is 36.5 Å². The van der Waals surface area contributed by atoms with E-state index in [0.29, 0.717) is 5.69 Å². The molecule has 0 radical (unpaired) electrons. The Balaban J connectivity index is 2.25. The summed E-state index contributed by atoms with van der Waals surface area (Å²) in [6, 6.07) is 6.73. The average Bonchev–Trinajstić information content (AvgIpc) is 2.41. The maximum absolute atomic E-state index is 11.9. The molecule has 1 aromatic carbocycles. The van der Waals surface area contributed by atoms with E-state index >= 15 is 0 Å². The van der Waals surface area contributed by atoms with Crippen molar-refractivity contribution in [3.05, 3.63) is 57.4 Å². The second kappa shape index (κ2) is 5.54. The number of nitrogen functional groups attached to an aromatic ring is 1. The zero-order valence-electron chi connectivity index (χ0n) is 10.0. The number of nitrogens with zero attached hydrogens (tertiary/aromatic N) is 2. The smallest absolute Gasteiger partial charge is 0.274 e. The molecule has 0 bridgehead atoms. The van der Waals surface area contributed by atoms with E-state index in [9.17, 15) is 14.9 Å². The Morgan fingerprint density at radius 3 is 2.70 bits per heavy atom. The predicted octanol–water partition coefficient (Wildman–Crippen LogP) is 2.48. The molecule has 0 atom stereocenters. The monoisotopic (exact) mass is 292 g/mol. The Kier molecular flexibility index (Phi) is 3.81. The number of amides is 1. The van der Waals surface area contributed by atoms with Crippen molar-refractivity contribution in [1.82, 2.24) is 4.98 Å². The number of aromatic nitrogens is 1. The van der Waals surface area contributed by atoms with Crippen molar-refractivity contribution in [2.24, 2.45) is 0 Å². The molecule has 0 aliphatic rings. The predicted molar refractivity (Wildman–Crippen MR) is 74.7 cm³/mol. The van der Waals surface area contributed by atoms with E-state index in [1.807, 2.05) is 0 Å². The van der Waals surface area contributed by atoms with Gasteiger partial charge in [0.05, 0.1) is 27.5 Å². The summed E-state index contributed by atoms with van der Waals surface area (Å²) in [5, 5.41) is 13.3. The molecule has 2 rings (SSSR count). The van der Waals surface area contributed by atoms with Crippen molar-refractivity contribution in [2.75, 3.05) is 11.1 Å². The van der Waals surface area contributed by atoms with E-state index in [0.717, 1.165) is 0 Å². The zero-order valence-corrected chi connectivity index (χ0v) is 10.8. The fraction of sp³-hybridized carbons (Fsp3) is 0. The number of nitrogens with one attached hydrogen (secondary N) is 1. The van der Waals surface area contributed by atoms with Crippen LogP contribution < -0.4 is 11.1 Å². The number of non-ortho nitro benzene ring substituents is 1. The van der Waals surface area contributed by atoms with Gasteiger partial charge in [-0.3, -0.25) is 14.9 Å². The molecule has 2 aromatic rings. The Morgan fingerprint density at radius 2 is 2.10 bits per heavy atom. The molecule has 102 valence electrons. The summed E-state index contributed by atoms with van der Waals surface area (Å²) in [7, 11) is 0. The van der Waals surface area contributed by atoms with Gasteiger partial charge in [0.15, 0.2) is 0 Å². The second-order valence-corrected chi connectivity index (χ2v) is 4.26. The normalized spacial score (nSPS) is 10.1. The van der Waals surface area contributed by atoms with Crippen LogP contribution in [0.15, 0.2) is 36.5 Å². The zero-order chi connectivity index (χ0) is 14.7. The van der Waals surface area contributed by atoms with Crippen LogP contribution in [0.1, 0.15) is 10.5 Å². The molecule has 1 heterocycles. The van der Waals surface area contributed by atoms with Crippen LogP contribution in [0.4, 0.5) is 17.1 Å². The third-order valence-electron chi connectivity index (χ3n) is 2.43. The van der Waals surface area contributed by atoms with Gasteiger partial charge < -0.3 is 11.1 Å². The Labute approximate surface area is 118 Å². The number of rotatable bonds is 3. The summed E-state index contributed by atoms with van der Waals surface area (Å²) in [6.07, 6.45) is 1.34. The molecule has 1 aromatic heterocycles. The van der Waals surface area contributed by atoms with Gasteiger partial charge in [0, 0.05) is 12.1 Å². The lowest BCUT2D eigenvalue weighted by atomic mass is 10.2. The van der Waals surface area contributed by atoms with Crippen molar-refractivity contribution < 1.29 is 9.72 Å². The molecule has 0 fully saturated rings. The number of pyridine rings is 1. The summed E-state index contributed by atoms with van der Waals surface area (Å²) in [6.45, 7) is 0. The first-order valence-corrected chi connectivity index (χ1v) is 5.82. The highest BCUT2D eigenvalue weighted by molar-refractivity contribution is 6.34. The Hall–Kier alpha value is -2.67. The molecule has 0 saturated heterocycles. The quantitative estimate of drug-likeness (QED) is 0.667. The highest BCUT2D eigenvalue weighted by Crippen LogP contribution is 2.27. The third kappa shape index (κ3) is 3.01. The molecule has 0 spiro atoms. The highest BCUT2D eigenvalue weighted by atomic mass is 35.5. The number of hydrogen-bond acceptors (Lipinski definition) is 5. The minimum atomic E-state index is -0.576. The fourth-order valence-electron chi connectivity index (χ4n) is 1.45. The lowest BCUT2D eigenvalue weighted by Gasteiger charge is -2.06. The maximum Gasteiger partial charge on any atom is 0.274 e. The van der Waals surface area contributed by atoms with Gasteiger partial charge in [0.2, 0.25) is 0 Å². The van der Waals surface area contributed by atoms with Crippen LogP contribution in [0.3, 0.4) is 0 Å². The van der Waals surface area contributed by atoms with Gasteiger partial charge in [-0.25, -0.2) is 4.98 Å². The van der Waals surface area contributed by atoms with Crippen LogP contribution in [0.2, 0.25) is 5.02 Å². The lowest BCUT2D eigenvalue weighted by Crippen LogP contribution is -2.14. The van der Waals surface area contributed by atoms with Crippen molar-refractivity contribution in [3.63, 3.8) is 0 Å². The van der Waals surface area contributed by atoms with Gasteiger partial charge in [-0.1, -0.05) is 11.6 Å². The van der Waals surface area contributed by atoms with E-state index in [2.05, 4.69) is 10.3 Å². The number of halogens is 1. The van der Waals surface area contributed by atoms with Crippen LogP contribution in [0.5, 0.6) is 0 Å².